The zero-order valence-electron chi connectivity index (χ0n) is 16.9. The Bertz CT molecular complexity index is 1120. The standard InChI is InChI=1S/C24H23N5O2/c25-23-22(19-6-8-20(9-7-19)31-15-18-10-12-27-13-11-18)21(28-24(26)29-23)16-30-14-17-4-2-1-3-5-17/h1-13H,14-16H2,(H4,25,26,28,29). The predicted molar refractivity (Wildman–Crippen MR) is 120 cm³/mol. The summed E-state index contributed by atoms with van der Waals surface area (Å²) in [5.41, 5.74) is 16.4. The number of nitrogen functional groups attached to an aromatic ring is 2. The van der Waals surface area contributed by atoms with Crippen LogP contribution in [0.1, 0.15) is 16.8 Å². The highest BCUT2D eigenvalue weighted by Crippen LogP contribution is 2.30. The van der Waals surface area contributed by atoms with Gasteiger partial charge >= 0.3 is 0 Å². The summed E-state index contributed by atoms with van der Waals surface area (Å²) in [6.45, 7) is 1.20. The summed E-state index contributed by atoms with van der Waals surface area (Å²) in [5, 5.41) is 0. The number of benzene rings is 2. The molecule has 2 aromatic carbocycles. The van der Waals surface area contributed by atoms with Gasteiger partial charge in [-0.1, -0.05) is 42.5 Å². The van der Waals surface area contributed by atoms with Gasteiger partial charge in [-0.2, -0.15) is 4.98 Å². The minimum Gasteiger partial charge on any atom is -0.489 e. The Morgan fingerprint density at radius 1 is 0.710 bits per heavy atom. The second-order valence-electron chi connectivity index (χ2n) is 6.94. The monoisotopic (exact) mass is 413 g/mol. The number of hydrogen-bond acceptors (Lipinski definition) is 7. The van der Waals surface area contributed by atoms with Crippen LogP contribution in [-0.2, 0) is 24.6 Å². The van der Waals surface area contributed by atoms with Crippen LogP contribution in [0.4, 0.5) is 11.8 Å². The predicted octanol–water partition coefficient (Wildman–Crippen LogP) is 4.00. The SMILES string of the molecule is Nc1nc(N)c(-c2ccc(OCc3ccncc3)cc2)c(COCc2ccccc2)n1. The van der Waals surface area contributed by atoms with Crippen LogP contribution < -0.4 is 16.2 Å². The maximum absolute atomic E-state index is 6.19. The fraction of sp³-hybridized carbons (Fsp3) is 0.125. The maximum atomic E-state index is 6.19. The number of hydrogen-bond donors (Lipinski definition) is 2. The molecule has 7 heteroatoms. The normalized spacial score (nSPS) is 10.7. The van der Waals surface area contributed by atoms with Gasteiger partial charge in [-0.3, -0.25) is 4.98 Å². The van der Waals surface area contributed by atoms with Gasteiger partial charge in [0.25, 0.3) is 0 Å². The van der Waals surface area contributed by atoms with Crippen molar-refractivity contribution in [3.63, 3.8) is 0 Å². The first-order chi connectivity index (χ1) is 15.2. The van der Waals surface area contributed by atoms with Gasteiger partial charge in [-0.15, -0.1) is 0 Å². The number of nitrogens with two attached hydrogens (primary N) is 2. The smallest absolute Gasteiger partial charge is 0.222 e. The molecule has 0 radical (unpaired) electrons. The van der Waals surface area contributed by atoms with Crippen molar-refractivity contribution in [1.82, 2.24) is 15.0 Å². The van der Waals surface area contributed by atoms with Crippen molar-refractivity contribution in [1.29, 1.82) is 0 Å². The highest BCUT2D eigenvalue weighted by atomic mass is 16.5. The van der Waals surface area contributed by atoms with E-state index in [-0.39, 0.29) is 12.6 Å². The molecule has 0 unspecified atom stereocenters. The molecule has 156 valence electrons. The molecule has 0 atom stereocenters. The number of rotatable bonds is 8. The Balaban J connectivity index is 1.48. The molecule has 0 amide bonds. The fourth-order valence-electron chi connectivity index (χ4n) is 3.17. The average Bonchev–Trinajstić information content (AvgIpc) is 2.79. The molecule has 0 saturated carbocycles. The Kier molecular flexibility index (Phi) is 6.35. The van der Waals surface area contributed by atoms with Crippen LogP contribution in [-0.4, -0.2) is 15.0 Å². The van der Waals surface area contributed by atoms with Crippen molar-refractivity contribution < 1.29 is 9.47 Å². The molecular weight excluding hydrogens is 390 g/mol. The lowest BCUT2D eigenvalue weighted by atomic mass is 10.0. The van der Waals surface area contributed by atoms with E-state index in [0.717, 1.165) is 22.4 Å². The Morgan fingerprint density at radius 2 is 1.42 bits per heavy atom. The molecule has 0 aliphatic rings. The molecule has 2 heterocycles. The number of nitrogens with zero attached hydrogens (tertiary/aromatic N) is 3. The fourth-order valence-corrected chi connectivity index (χ4v) is 3.17. The molecule has 4 rings (SSSR count). The van der Waals surface area contributed by atoms with Crippen molar-refractivity contribution in [2.45, 2.75) is 19.8 Å². The molecule has 4 aromatic rings. The average molecular weight is 413 g/mol. The topological polar surface area (TPSA) is 109 Å². The largest absolute Gasteiger partial charge is 0.489 e. The lowest BCUT2D eigenvalue weighted by Gasteiger charge is -2.13. The van der Waals surface area contributed by atoms with Crippen LogP contribution in [0.3, 0.4) is 0 Å². The summed E-state index contributed by atoms with van der Waals surface area (Å²) in [6.07, 6.45) is 3.49. The van der Waals surface area contributed by atoms with Crippen molar-refractivity contribution >= 4 is 11.8 Å². The molecule has 0 spiro atoms. The summed E-state index contributed by atoms with van der Waals surface area (Å²) < 4.78 is 11.7. The van der Waals surface area contributed by atoms with E-state index in [0.29, 0.717) is 30.3 Å². The van der Waals surface area contributed by atoms with E-state index in [1.165, 1.54) is 0 Å². The van der Waals surface area contributed by atoms with Crippen LogP contribution in [0.2, 0.25) is 0 Å². The zero-order valence-corrected chi connectivity index (χ0v) is 16.9. The van der Waals surface area contributed by atoms with Crippen LogP contribution in [0, 0.1) is 0 Å². The van der Waals surface area contributed by atoms with Crippen molar-refractivity contribution in [2.24, 2.45) is 0 Å². The first-order valence-corrected chi connectivity index (χ1v) is 9.85. The van der Waals surface area contributed by atoms with Crippen LogP contribution in [0.15, 0.2) is 79.1 Å². The van der Waals surface area contributed by atoms with E-state index in [4.69, 9.17) is 20.9 Å². The minimum atomic E-state index is 0.122. The molecule has 0 bridgehead atoms. The van der Waals surface area contributed by atoms with Gasteiger partial charge in [-0.25, -0.2) is 4.98 Å². The molecular formula is C24H23N5O2. The van der Waals surface area contributed by atoms with E-state index < -0.39 is 0 Å². The maximum Gasteiger partial charge on any atom is 0.222 e. The molecule has 0 aliphatic carbocycles. The van der Waals surface area contributed by atoms with Crippen LogP contribution >= 0.6 is 0 Å². The van der Waals surface area contributed by atoms with E-state index in [2.05, 4.69) is 15.0 Å². The molecule has 0 fully saturated rings. The van der Waals surface area contributed by atoms with Crippen LogP contribution in [0.5, 0.6) is 5.75 Å². The van der Waals surface area contributed by atoms with Gasteiger partial charge in [0.2, 0.25) is 5.95 Å². The van der Waals surface area contributed by atoms with Crippen LogP contribution in [0.25, 0.3) is 11.1 Å². The second kappa shape index (κ2) is 9.69. The number of pyridine rings is 1. The van der Waals surface area contributed by atoms with Crippen molar-refractivity contribution in [2.75, 3.05) is 11.5 Å². The number of anilines is 2. The number of ether oxygens (including phenoxy) is 2. The van der Waals surface area contributed by atoms with Gasteiger partial charge in [0.05, 0.1) is 18.9 Å². The molecule has 2 aromatic heterocycles. The lowest BCUT2D eigenvalue weighted by Crippen LogP contribution is -2.08. The Hall–Kier alpha value is -3.97. The number of aromatic nitrogens is 3. The quantitative estimate of drug-likeness (QED) is 0.449. The summed E-state index contributed by atoms with van der Waals surface area (Å²) in [4.78, 5) is 12.5. The van der Waals surface area contributed by atoms with Gasteiger partial charge in [0, 0.05) is 18.0 Å². The Morgan fingerprint density at radius 3 is 2.16 bits per heavy atom. The third kappa shape index (κ3) is 5.34. The minimum absolute atomic E-state index is 0.122. The zero-order chi connectivity index (χ0) is 21.5. The second-order valence-corrected chi connectivity index (χ2v) is 6.94. The van der Waals surface area contributed by atoms with Crippen molar-refractivity contribution in [3.05, 3.63) is 95.9 Å². The molecule has 0 aliphatic heterocycles. The lowest BCUT2D eigenvalue weighted by molar-refractivity contribution is 0.105. The highest BCUT2D eigenvalue weighted by Gasteiger charge is 2.14. The third-order valence-corrected chi connectivity index (χ3v) is 4.68. The van der Waals surface area contributed by atoms with Gasteiger partial charge < -0.3 is 20.9 Å². The van der Waals surface area contributed by atoms with E-state index in [9.17, 15) is 0 Å². The van der Waals surface area contributed by atoms with Gasteiger partial charge in [-0.05, 0) is 41.0 Å². The van der Waals surface area contributed by atoms with Gasteiger partial charge in [0.1, 0.15) is 18.2 Å². The van der Waals surface area contributed by atoms with E-state index >= 15 is 0 Å². The first-order valence-electron chi connectivity index (χ1n) is 9.85. The molecule has 31 heavy (non-hydrogen) atoms. The van der Waals surface area contributed by atoms with Gasteiger partial charge in [0.15, 0.2) is 0 Å². The summed E-state index contributed by atoms with van der Waals surface area (Å²) >= 11 is 0. The molecule has 7 nitrogen and oxygen atoms in total. The van der Waals surface area contributed by atoms with E-state index in [1.807, 2.05) is 66.7 Å². The molecule has 4 N–H and O–H groups in total. The van der Waals surface area contributed by atoms with Crippen molar-refractivity contribution in [3.8, 4) is 16.9 Å². The third-order valence-electron chi connectivity index (χ3n) is 4.68. The summed E-state index contributed by atoms with van der Waals surface area (Å²) in [5.74, 6) is 1.19. The Labute approximate surface area is 180 Å². The summed E-state index contributed by atoms with van der Waals surface area (Å²) in [6, 6.07) is 21.4. The summed E-state index contributed by atoms with van der Waals surface area (Å²) in [7, 11) is 0. The van der Waals surface area contributed by atoms with E-state index in [1.54, 1.807) is 12.4 Å². The highest BCUT2D eigenvalue weighted by molar-refractivity contribution is 5.77. The first kappa shape index (κ1) is 20.3. The molecule has 0 saturated heterocycles.